The van der Waals surface area contributed by atoms with E-state index in [0.717, 1.165) is 51.7 Å². The molecule has 2 aromatic heterocycles. The van der Waals surface area contributed by atoms with E-state index < -0.39 is 0 Å². The summed E-state index contributed by atoms with van der Waals surface area (Å²) < 4.78 is 2.30. The van der Waals surface area contributed by atoms with Crippen molar-refractivity contribution in [2.24, 2.45) is 0 Å². The first-order chi connectivity index (χ1) is 28.1. The molecule has 0 spiro atoms. The quantitative estimate of drug-likeness (QED) is 0.135. The van der Waals surface area contributed by atoms with Crippen LogP contribution in [0, 0.1) is 26.0 Å². The van der Waals surface area contributed by atoms with Gasteiger partial charge in [-0.15, -0.1) is 35.7 Å². The molecule has 0 atom stereocenters. The van der Waals surface area contributed by atoms with E-state index in [-0.39, 0.29) is 21.1 Å². The van der Waals surface area contributed by atoms with Crippen LogP contribution in [0.1, 0.15) is 75.6 Å². The minimum absolute atomic E-state index is 0. The van der Waals surface area contributed by atoms with Gasteiger partial charge in [0.1, 0.15) is 5.82 Å². The number of hydrogen-bond acceptors (Lipinski definition) is 4. The fourth-order valence-electron chi connectivity index (χ4n) is 8.98. The summed E-state index contributed by atoms with van der Waals surface area (Å²) in [5.74, 6) is 1.64. The Bertz CT molecular complexity index is 2770. The van der Waals surface area contributed by atoms with Crippen LogP contribution in [0.5, 0.6) is 0 Å². The first-order valence-electron chi connectivity index (χ1n) is 20.7. The standard InChI is InChI=1S/C53H51N5.Pt/c1-34(2)43-21-15-22-44(35(3)4)52(43)39-28-29-54-51(30-39)58-47-23-10-9-20-45(47)46-27-26-42(32-50(46)58)57(53-37(7)16-13-17-38(53)8)41-19-14-18-40(31-41)56-33-55(36(5)6)48-24-11-12-25-49(48)56;/h9-30,34-36H,33H2,1-8H3;/q-2;+2. The molecule has 0 bridgehead atoms. The zero-order valence-corrected chi connectivity index (χ0v) is 37.5. The molecule has 0 radical (unpaired) electrons. The molecule has 0 N–H and O–H groups in total. The van der Waals surface area contributed by atoms with E-state index in [2.05, 4.69) is 214 Å². The van der Waals surface area contributed by atoms with Crippen LogP contribution in [0.25, 0.3) is 38.8 Å². The number of aryl methyl sites for hydroxylation is 2. The van der Waals surface area contributed by atoms with Crippen LogP contribution in [0.4, 0.5) is 34.1 Å². The van der Waals surface area contributed by atoms with Crippen LogP contribution in [-0.4, -0.2) is 22.3 Å². The van der Waals surface area contributed by atoms with Crippen molar-refractivity contribution in [2.75, 3.05) is 21.4 Å². The van der Waals surface area contributed by atoms with Crippen molar-refractivity contribution in [3.63, 3.8) is 0 Å². The zero-order chi connectivity index (χ0) is 40.2. The van der Waals surface area contributed by atoms with Gasteiger partial charge in [-0.2, -0.15) is 12.1 Å². The number of hydrogen-bond donors (Lipinski definition) is 0. The SMILES string of the molecule is Cc1cccc(C)c1N(c1[c-]c(N2CN(C(C)C)c3ccccc32)ccc1)c1[c-]c2c(cc1)c1ccccc1n2-c1cc(-c2c(C(C)C)cccc2C(C)C)ccn1.[Pt+2]. The second kappa shape index (κ2) is 16.2. The van der Waals surface area contributed by atoms with Crippen molar-refractivity contribution in [1.82, 2.24) is 9.55 Å². The third-order valence-electron chi connectivity index (χ3n) is 11.8. The van der Waals surface area contributed by atoms with Crippen molar-refractivity contribution in [2.45, 2.75) is 73.3 Å². The van der Waals surface area contributed by atoms with Crippen LogP contribution in [0.3, 0.4) is 0 Å². The van der Waals surface area contributed by atoms with E-state index in [1.807, 2.05) is 6.20 Å². The number of anilines is 6. The molecule has 0 aliphatic carbocycles. The number of aromatic nitrogens is 2. The largest absolute Gasteiger partial charge is 2.00 e. The smallest absolute Gasteiger partial charge is 0.358 e. The molecule has 0 fully saturated rings. The van der Waals surface area contributed by atoms with Gasteiger partial charge >= 0.3 is 21.1 Å². The van der Waals surface area contributed by atoms with E-state index in [0.29, 0.717) is 17.9 Å². The molecule has 0 unspecified atom stereocenters. The summed E-state index contributed by atoms with van der Waals surface area (Å²) in [7, 11) is 0. The zero-order valence-electron chi connectivity index (χ0n) is 35.2. The molecule has 298 valence electrons. The minimum atomic E-state index is 0. The van der Waals surface area contributed by atoms with Gasteiger partial charge in [-0.05, 0) is 109 Å². The molecule has 0 amide bonds. The van der Waals surface area contributed by atoms with Crippen LogP contribution in [0.2, 0.25) is 0 Å². The second-order valence-electron chi connectivity index (χ2n) is 16.6. The summed E-state index contributed by atoms with van der Waals surface area (Å²) in [6.07, 6.45) is 1.97. The molecule has 59 heavy (non-hydrogen) atoms. The normalized spacial score (nSPS) is 12.6. The van der Waals surface area contributed by atoms with E-state index in [9.17, 15) is 0 Å². The van der Waals surface area contributed by atoms with Crippen molar-refractivity contribution >= 4 is 55.9 Å². The number of para-hydroxylation sites is 4. The van der Waals surface area contributed by atoms with Crippen LogP contribution >= 0.6 is 0 Å². The van der Waals surface area contributed by atoms with Gasteiger partial charge in [-0.3, -0.25) is 0 Å². The molecule has 8 aromatic rings. The Morgan fingerprint density at radius 3 is 1.98 bits per heavy atom. The molecular formula is C53H51N5Pt. The Labute approximate surface area is 364 Å². The molecule has 0 saturated carbocycles. The van der Waals surface area contributed by atoms with Gasteiger partial charge in [0.05, 0.1) is 18.0 Å². The van der Waals surface area contributed by atoms with Gasteiger partial charge in [-0.25, -0.2) is 4.98 Å². The maximum Gasteiger partial charge on any atom is 2.00 e. The maximum absolute atomic E-state index is 5.08. The molecule has 5 nitrogen and oxygen atoms in total. The summed E-state index contributed by atoms with van der Waals surface area (Å²) in [4.78, 5) is 12.3. The Balaban J connectivity index is 0.00000484. The molecule has 3 heterocycles. The van der Waals surface area contributed by atoms with Crippen molar-refractivity contribution in [1.29, 1.82) is 0 Å². The summed E-state index contributed by atoms with van der Waals surface area (Å²) in [6, 6.07) is 54.3. The van der Waals surface area contributed by atoms with Crippen molar-refractivity contribution in [3.8, 4) is 16.9 Å². The molecule has 0 saturated heterocycles. The Morgan fingerprint density at radius 1 is 0.627 bits per heavy atom. The van der Waals surface area contributed by atoms with Gasteiger partial charge in [-0.1, -0.05) is 117 Å². The Hall–Kier alpha value is -5.64. The molecule has 1 aliphatic rings. The summed E-state index contributed by atoms with van der Waals surface area (Å²) >= 11 is 0. The van der Waals surface area contributed by atoms with E-state index >= 15 is 0 Å². The van der Waals surface area contributed by atoms with Gasteiger partial charge in [0.15, 0.2) is 0 Å². The first kappa shape index (κ1) is 40.2. The van der Waals surface area contributed by atoms with Crippen LogP contribution < -0.4 is 14.7 Å². The molecule has 1 aliphatic heterocycles. The number of benzene rings is 6. The van der Waals surface area contributed by atoms with E-state index in [4.69, 9.17) is 4.98 Å². The van der Waals surface area contributed by atoms with E-state index in [1.165, 1.54) is 50.1 Å². The number of pyridine rings is 1. The number of rotatable bonds is 9. The van der Waals surface area contributed by atoms with E-state index in [1.54, 1.807) is 0 Å². The summed E-state index contributed by atoms with van der Waals surface area (Å²) in [5, 5.41) is 2.31. The maximum atomic E-state index is 5.08. The second-order valence-corrected chi connectivity index (χ2v) is 16.6. The minimum Gasteiger partial charge on any atom is -0.358 e. The fraction of sp³-hybridized carbons (Fsp3) is 0.226. The van der Waals surface area contributed by atoms with Gasteiger partial charge < -0.3 is 19.3 Å². The molecule has 6 aromatic carbocycles. The van der Waals surface area contributed by atoms with Gasteiger partial charge in [0.25, 0.3) is 0 Å². The average Bonchev–Trinajstić information content (AvgIpc) is 3.78. The first-order valence-corrected chi connectivity index (χ1v) is 20.7. The van der Waals surface area contributed by atoms with Gasteiger partial charge in [0, 0.05) is 23.4 Å². The van der Waals surface area contributed by atoms with Crippen LogP contribution in [0.15, 0.2) is 134 Å². The topological polar surface area (TPSA) is 27.5 Å². The predicted molar refractivity (Wildman–Crippen MR) is 245 cm³/mol. The van der Waals surface area contributed by atoms with Crippen molar-refractivity contribution < 1.29 is 21.1 Å². The average molecular weight is 953 g/mol. The van der Waals surface area contributed by atoms with Crippen LogP contribution in [-0.2, 0) is 21.1 Å². The van der Waals surface area contributed by atoms with Crippen molar-refractivity contribution in [3.05, 3.63) is 168 Å². The molecule has 9 rings (SSSR count). The summed E-state index contributed by atoms with van der Waals surface area (Å²) in [5.41, 5.74) is 16.2. The van der Waals surface area contributed by atoms with Gasteiger partial charge in [0.2, 0.25) is 0 Å². The molecular weight excluding hydrogens is 902 g/mol. The molecule has 6 heteroatoms. The summed E-state index contributed by atoms with van der Waals surface area (Å²) in [6.45, 7) is 18.8. The Morgan fingerprint density at radius 2 is 1.27 bits per heavy atom. The number of nitrogens with zero attached hydrogens (tertiary/aromatic N) is 5. The Kier molecular flexibility index (Phi) is 11.0. The predicted octanol–water partition coefficient (Wildman–Crippen LogP) is 14.1. The third kappa shape index (κ3) is 7.04. The number of fused-ring (bicyclic) bond motifs is 4. The fourth-order valence-corrected chi connectivity index (χ4v) is 8.98. The third-order valence-corrected chi connectivity index (χ3v) is 11.8. The monoisotopic (exact) mass is 952 g/mol.